The van der Waals surface area contributed by atoms with Crippen molar-refractivity contribution in [2.45, 2.75) is 65.6 Å². The van der Waals surface area contributed by atoms with E-state index in [0.29, 0.717) is 69.7 Å². The van der Waals surface area contributed by atoms with E-state index in [-0.39, 0.29) is 30.0 Å². The molecule has 1 unspecified atom stereocenters. The van der Waals surface area contributed by atoms with Crippen molar-refractivity contribution in [1.29, 1.82) is 5.26 Å². The largest absolute Gasteiger partial charge is 0.497 e. The van der Waals surface area contributed by atoms with Gasteiger partial charge in [-0.1, -0.05) is 26.8 Å². The number of nitrogens with one attached hydrogen (secondary N) is 1. The van der Waals surface area contributed by atoms with E-state index >= 15 is 0 Å². The fourth-order valence-corrected chi connectivity index (χ4v) is 8.60. The van der Waals surface area contributed by atoms with E-state index in [4.69, 9.17) is 14.7 Å². The minimum Gasteiger partial charge on any atom is -0.497 e. The molecular formula is C40H47FN8O2. The highest BCUT2D eigenvalue weighted by molar-refractivity contribution is 5.96. The second-order valence-corrected chi connectivity index (χ2v) is 15.1. The number of benzene rings is 2. The summed E-state index contributed by atoms with van der Waals surface area (Å²) in [6.45, 7) is 12.3. The summed E-state index contributed by atoms with van der Waals surface area (Å²) in [5.74, 6) is 3.19. The summed E-state index contributed by atoms with van der Waals surface area (Å²) in [6.07, 6.45) is 6.03. The highest BCUT2D eigenvalue weighted by Crippen LogP contribution is 2.61. The van der Waals surface area contributed by atoms with E-state index in [2.05, 4.69) is 53.9 Å². The maximum absolute atomic E-state index is 14.9. The van der Waals surface area contributed by atoms with Crippen molar-refractivity contribution in [2.75, 3.05) is 38.6 Å². The lowest BCUT2D eigenvalue weighted by Crippen LogP contribution is -2.58. The topological polar surface area (TPSA) is 112 Å². The molecule has 2 aromatic heterocycles. The lowest BCUT2D eigenvalue weighted by Gasteiger charge is -2.61. The number of nitriles is 1. The summed E-state index contributed by atoms with van der Waals surface area (Å²) >= 11 is 0. The van der Waals surface area contributed by atoms with Crippen LogP contribution >= 0.6 is 0 Å². The number of pyridine rings is 1. The quantitative estimate of drug-likeness (QED) is 0.132. The predicted octanol–water partition coefficient (Wildman–Crippen LogP) is 6.22. The monoisotopic (exact) mass is 690 g/mol. The van der Waals surface area contributed by atoms with Gasteiger partial charge in [0.2, 0.25) is 0 Å². The van der Waals surface area contributed by atoms with E-state index in [9.17, 15) is 14.4 Å². The molecule has 1 saturated heterocycles. The molecule has 3 heterocycles. The Morgan fingerprint density at radius 3 is 2.69 bits per heavy atom. The molecule has 0 amide bonds. The molecule has 0 radical (unpaired) electrons. The van der Waals surface area contributed by atoms with Crippen LogP contribution in [0.4, 0.5) is 10.1 Å². The lowest BCUT2D eigenvalue weighted by atomic mass is 9.45. The zero-order valence-corrected chi connectivity index (χ0v) is 30.1. The van der Waals surface area contributed by atoms with Crippen LogP contribution in [0.2, 0.25) is 0 Å². The molecule has 10 nitrogen and oxygen atoms in total. The molecule has 0 spiro atoms. The molecule has 3 saturated carbocycles. The lowest BCUT2D eigenvalue weighted by molar-refractivity contribution is -0.108. The van der Waals surface area contributed by atoms with Gasteiger partial charge < -0.3 is 15.0 Å². The number of aliphatic imine (C=N–C) groups is 1. The number of methoxy groups -OCH3 is 1. The summed E-state index contributed by atoms with van der Waals surface area (Å²) in [6, 6.07) is 16.8. The number of aryl methyl sites for hydroxylation is 1. The number of piperazine rings is 1. The summed E-state index contributed by atoms with van der Waals surface area (Å²) < 4.78 is 21.6. The molecule has 3 aliphatic carbocycles. The standard InChI is InChI=1S/C40H47FN8O2/c1-25-24-48(18-17-47(25)16-13-42)39(46-35-20-29-19-33(26(35)2)40(29,3)4)44-30-9-11-32-36(21-30)45-37(28-7-6-14-43-23-28)49(38(32)50)15-12-27-8-10-31(51-5)22-34(27)41/h6-11,14,21-23,25-26,29,33,35H,12,15-20,24H2,1-5H3,(H,44,46)/t25-,26-,29+,33-,35?/m0/s1. The van der Waals surface area contributed by atoms with Crippen molar-refractivity contribution in [3.8, 4) is 23.2 Å². The Bertz CT molecular complexity index is 2040. The molecule has 1 N–H and O–H groups in total. The fourth-order valence-electron chi connectivity index (χ4n) is 8.60. The molecule has 1 aliphatic heterocycles. The fraction of sp³-hybridized carbons (Fsp3) is 0.475. The van der Waals surface area contributed by atoms with Crippen LogP contribution in [0.15, 0.2) is 70.7 Å². The van der Waals surface area contributed by atoms with Crippen molar-refractivity contribution >= 4 is 22.5 Å². The maximum atomic E-state index is 14.9. The van der Waals surface area contributed by atoms with Crippen LogP contribution in [0.3, 0.4) is 0 Å². The first-order valence-electron chi connectivity index (χ1n) is 18.1. The zero-order chi connectivity index (χ0) is 35.9. The Hall–Kier alpha value is -4.82. The highest BCUT2D eigenvalue weighted by atomic mass is 19.1. The van der Waals surface area contributed by atoms with Crippen LogP contribution in [0, 0.1) is 40.3 Å². The van der Waals surface area contributed by atoms with Crippen LogP contribution in [0.25, 0.3) is 22.3 Å². The van der Waals surface area contributed by atoms with Crippen molar-refractivity contribution in [3.05, 3.63) is 82.7 Å². The number of ether oxygens (including phenoxy) is 1. The van der Waals surface area contributed by atoms with Gasteiger partial charge in [-0.05, 0) is 91.3 Å². The average Bonchev–Trinajstić information content (AvgIpc) is 3.13. The van der Waals surface area contributed by atoms with Gasteiger partial charge in [0.15, 0.2) is 5.96 Å². The summed E-state index contributed by atoms with van der Waals surface area (Å²) in [5.41, 5.74) is 2.70. The number of aromatic nitrogens is 3. The second-order valence-electron chi connectivity index (χ2n) is 15.1. The molecule has 266 valence electrons. The molecule has 2 aromatic carbocycles. The van der Waals surface area contributed by atoms with E-state index in [1.54, 1.807) is 29.1 Å². The first-order chi connectivity index (χ1) is 24.6. The van der Waals surface area contributed by atoms with Crippen LogP contribution in [-0.4, -0.2) is 75.7 Å². The highest BCUT2D eigenvalue weighted by Gasteiger charge is 2.56. The van der Waals surface area contributed by atoms with E-state index in [1.807, 2.05) is 30.3 Å². The van der Waals surface area contributed by atoms with Crippen molar-refractivity contribution in [1.82, 2.24) is 24.3 Å². The van der Waals surface area contributed by atoms with Gasteiger partial charge in [0.05, 0.1) is 36.7 Å². The van der Waals surface area contributed by atoms with Gasteiger partial charge in [-0.3, -0.25) is 19.2 Å². The minimum absolute atomic E-state index is 0.200. The van der Waals surface area contributed by atoms with Gasteiger partial charge in [0.25, 0.3) is 5.56 Å². The van der Waals surface area contributed by atoms with Gasteiger partial charge in [-0.15, -0.1) is 0 Å². The van der Waals surface area contributed by atoms with Crippen LogP contribution < -0.4 is 15.6 Å². The van der Waals surface area contributed by atoms with E-state index in [1.165, 1.54) is 19.6 Å². The number of rotatable bonds is 8. The van der Waals surface area contributed by atoms with Crippen LogP contribution in [-0.2, 0) is 13.0 Å². The molecule has 51 heavy (non-hydrogen) atoms. The van der Waals surface area contributed by atoms with Gasteiger partial charge in [0.1, 0.15) is 17.4 Å². The SMILES string of the molecule is COc1ccc(CCn2c(-c3cccnc3)nc3cc(NC(=NC4C[C@H]5C[C@@H]([C@@H]4C)C5(C)C)N4CCN(CC#N)[C@@H](C)C4)ccc3c2=O)c(F)c1. The predicted molar refractivity (Wildman–Crippen MR) is 198 cm³/mol. The summed E-state index contributed by atoms with van der Waals surface area (Å²) in [7, 11) is 1.50. The summed E-state index contributed by atoms with van der Waals surface area (Å²) in [4.78, 5) is 33.4. The summed E-state index contributed by atoms with van der Waals surface area (Å²) in [5, 5.41) is 13.5. The van der Waals surface area contributed by atoms with Gasteiger partial charge in [0, 0.05) is 61.9 Å². The third kappa shape index (κ3) is 6.69. The molecule has 5 atom stereocenters. The van der Waals surface area contributed by atoms with Gasteiger partial charge >= 0.3 is 0 Å². The van der Waals surface area contributed by atoms with Crippen molar-refractivity contribution < 1.29 is 9.13 Å². The molecule has 2 bridgehead atoms. The number of hydrogen-bond donors (Lipinski definition) is 1. The number of hydrogen-bond acceptors (Lipinski definition) is 7. The average molecular weight is 691 g/mol. The molecule has 4 aliphatic rings. The Kier molecular flexibility index (Phi) is 9.55. The number of halogens is 1. The third-order valence-electron chi connectivity index (χ3n) is 11.9. The van der Waals surface area contributed by atoms with Crippen LogP contribution in [0.5, 0.6) is 5.75 Å². The van der Waals surface area contributed by atoms with E-state index < -0.39 is 0 Å². The van der Waals surface area contributed by atoms with Crippen LogP contribution in [0.1, 0.15) is 46.1 Å². The van der Waals surface area contributed by atoms with Crippen molar-refractivity contribution in [3.63, 3.8) is 0 Å². The molecule has 11 heteroatoms. The Morgan fingerprint density at radius 2 is 2.00 bits per heavy atom. The molecule has 8 rings (SSSR count). The van der Waals surface area contributed by atoms with Crippen molar-refractivity contribution in [2.24, 2.45) is 28.2 Å². The maximum Gasteiger partial charge on any atom is 0.261 e. The minimum atomic E-state index is -0.378. The molecular weight excluding hydrogens is 643 g/mol. The van der Waals surface area contributed by atoms with Gasteiger partial charge in [-0.25, -0.2) is 14.4 Å². The Labute approximate surface area is 299 Å². The number of guanidine groups is 1. The smallest absolute Gasteiger partial charge is 0.261 e. The third-order valence-corrected chi connectivity index (χ3v) is 11.9. The van der Waals surface area contributed by atoms with E-state index in [0.717, 1.165) is 37.7 Å². The first kappa shape index (κ1) is 34.6. The first-order valence-corrected chi connectivity index (χ1v) is 18.1. The number of fused-ring (bicyclic) bond motifs is 3. The molecule has 4 aromatic rings. The van der Waals surface area contributed by atoms with Gasteiger partial charge in [-0.2, -0.15) is 5.26 Å². The zero-order valence-electron chi connectivity index (χ0n) is 30.1. The Morgan fingerprint density at radius 1 is 1.16 bits per heavy atom. The number of anilines is 1. The Balaban J connectivity index is 1.22. The number of nitrogens with zero attached hydrogens (tertiary/aromatic N) is 7. The molecule has 4 fully saturated rings. The second kappa shape index (κ2) is 14.1. The normalized spacial score (nSPS) is 24.5.